The molecule has 1 atom stereocenters. The minimum Gasteiger partial charge on any atom is -0.356 e. The number of amides is 1. The Balaban J connectivity index is 3.60. The molecule has 0 heterocycles. The fourth-order valence-electron chi connectivity index (χ4n) is 0.920. The average Bonchev–Trinajstić information content (AvgIpc) is 2.00. The highest BCUT2D eigenvalue weighted by atomic mass is 16.1. The molecule has 78 valence electrons. The Morgan fingerprint density at radius 2 is 1.92 bits per heavy atom. The topological polar surface area (TPSA) is 29.1 Å². The summed E-state index contributed by atoms with van der Waals surface area (Å²) in [6.45, 7) is 11.3. The molecule has 1 unspecified atom stereocenters. The first-order chi connectivity index (χ1) is 5.87. The van der Waals surface area contributed by atoms with E-state index in [0.717, 1.165) is 19.4 Å². The molecule has 0 radical (unpaired) electrons. The molecule has 2 nitrogen and oxygen atoms in total. The maximum Gasteiger partial charge on any atom is 0.222 e. The molecule has 13 heavy (non-hydrogen) atoms. The first kappa shape index (κ1) is 12.5. The normalized spacial score (nSPS) is 13.9. The van der Waals surface area contributed by atoms with E-state index >= 15 is 0 Å². The summed E-state index contributed by atoms with van der Waals surface area (Å²) in [6.07, 6.45) is 1.95. The van der Waals surface area contributed by atoms with Gasteiger partial charge in [-0.15, -0.1) is 0 Å². The number of rotatable bonds is 4. The van der Waals surface area contributed by atoms with Crippen molar-refractivity contribution in [2.45, 2.75) is 47.5 Å². The van der Waals surface area contributed by atoms with Gasteiger partial charge in [0.15, 0.2) is 0 Å². The van der Waals surface area contributed by atoms with E-state index in [1.54, 1.807) is 0 Å². The molecule has 0 rings (SSSR count). The van der Waals surface area contributed by atoms with Crippen molar-refractivity contribution < 1.29 is 4.79 Å². The van der Waals surface area contributed by atoms with Gasteiger partial charge in [-0.1, -0.05) is 34.6 Å². The highest BCUT2D eigenvalue weighted by molar-refractivity contribution is 5.78. The molecule has 0 aromatic carbocycles. The van der Waals surface area contributed by atoms with E-state index in [9.17, 15) is 4.79 Å². The van der Waals surface area contributed by atoms with Crippen LogP contribution in [0.4, 0.5) is 0 Å². The van der Waals surface area contributed by atoms with Gasteiger partial charge in [0.1, 0.15) is 0 Å². The summed E-state index contributed by atoms with van der Waals surface area (Å²) in [5.41, 5.74) is 0.308. The lowest BCUT2D eigenvalue weighted by molar-refractivity contribution is -0.124. The zero-order chi connectivity index (χ0) is 10.5. The number of nitrogens with one attached hydrogen (secondary N) is 1. The third-order valence-electron chi connectivity index (χ3n) is 2.23. The van der Waals surface area contributed by atoms with Gasteiger partial charge in [-0.3, -0.25) is 4.79 Å². The molecule has 0 aliphatic rings. The molecule has 0 spiro atoms. The van der Waals surface area contributed by atoms with Crippen molar-refractivity contribution in [1.82, 2.24) is 5.32 Å². The monoisotopic (exact) mass is 185 g/mol. The van der Waals surface area contributed by atoms with Crippen molar-refractivity contribution in [1.29, 1.82) is 0 Å². The summed E-state index contributed by atoms with van der Waals surface area (Å²) < 4.78 is 0. The molecule has 1 N–H and O–H groups in total. The summed E-state index contributed by atoms with van der Waals surface area (Å²) in [5, 5.41) is 2.95. The van der Waals surface area contributed by atoms with E-state index in [1.807, 2.05) is 13.8 Å². The minimum atomic E-state index is 0.153. The smallest absolute Gasteiger partial charge is 0.222 e. The summed E-state index contributed by atoms with van der Waals surface area (Å²) in [7, 11) is 0. The quantitative estimate of drug-likeness (QED) is 0.716. The van der Waals surface area contributed by atoms with Gasteiger partial charge in [-0.05, 0) is 18.3 Å². The van der Waals surface area contributed by atoms with Gasteiger partial charge in [0.2, 0.25) is 5.91 Å². The summed E-state index contributed by atoms with van der Waals surface area (Å²) in [4.78, 5) is 11.3. The van der Waals surface area contributed by atoms with Gasteiger partial charge in [-0.2, -0.15) is 0 Å². The van der Waals surface area contributed by atoms with E-state index in [1.165, 1.54) is 0 Å². The van der Waals surface area contributed by atoms with Crippen LogP contribution >= 0.6 is 0 Å². The second kappa shape index (κ2) is 5.25. The van der Waals surface area contributed by atoms with Gasteiger partial charge < -0.3 is 5.32 Å². The fraction of sp³-hybridized carbons (Fsp3) is 0.909. The molecule has 0 aromatic rings. The SMILES string of the molecule is CCC(C)C(=O)NCCC(C)(C)C. The molecule has 0 aliphatic carbocycles. The highest BCUT2D eigenvalue weighted by Gasteiger charge is 2.12. The predicted molar refractivity (Wildman–Crippen MR) is 56.5 cm³/mol. The van der Waals surface area contributed by atoms with Crippen molar-refractivity contribution in [2.75, 3.05) is 6.54 Å². The molecule has 0 saturated heterocycles. The first-order valence-electron chi connectivity index (χ1n) is 5.14. The van der Waals surface area contributed by atoms with Gasteiger partial charge in [0.25, 0.3) is 0 Å². The Labute approximate surface area is 82.1 Å². The highest BCUT2D eigenvalue weighted by Crippen LogP contribution is 2.17. The third kappa shape index (κ3) is 6.62. The fourth-order valence-corrected chi connectivity index (χ4v) is 0.920. The Kier molecular flexibility index (Phi) is 5.04. The van der Waals surface area contributed by atoms with Crippen LogP contribution in [0.25, 0.3) is 0 Å². The van der Waals surface area contributed by atoms with Crippen LogP contribution in [0, 0.1) is 11.3 Å². The summed E-state index contributed by atoms with van der Waals surface area (Å²) >= 11 is 0. The van der Waals surface area contributed by atoms with E-state index in [0.29, 0.717) is 5.41 Å². The van der Waals surface area contributed by atoms with Crippen molar-refractivity contribution in [3.63, 3.8) is 0 Å². The number of hydrogen-bond donors (Lipinski definition) is 1. The van der Waals surface area contributed by atoms with E-state index in [4.69, 9.17) is 0 Å². The third-order valence-corrected chi connectivity index (χ3v) is 2.23. The molecule has 0 fully saturated rings. The second-order valence-electron chi connectivity index (χ2n) is 4.91. The van der Waals surface area contributed by atoms with Crippen LogP contribution in [0.2, 0.25) is 0 Å². The van der Waals surface area contributed by atoms with Crippen LogP contribution in [-0.2, 0) is 4.79 Å². The molecule has 0 aromatic heterocycles. The van der Waals surface area contributed by atoms with Crippen LogP contribution in [0.5, 0.6) is 0 Å². The number of carbonyl (C=O) groups excluding carboxylic acids is 1. The van der Waals surface area contributed by atoms with Crippen molar-refractivity contribution in [3.05, 3.63) is 0 Å². The molecular formula is C11H23NO. The Morgan fingerprint density at radius 1 is 1.38 bits per heavy atom. The number of hydrogen-bond acceptors (Lipinski definition) is 1. The number of carbonyl (C=O) groups is 1. The molecule has 0 bridgehead atoms. The van der Waals surface area contributed by atoms with Crippen LogP contribution in [-0.4, -0.2) is 12.5 Å². The molecule has 2 heteroatoms. The zero-order valence-electron chi connectivity index (χ0n) is 9.61. The van der Waals surface area contributed by atoms with Crippen molar-refractivity contribution >= 4 is 5.91 Å². The van der Waals surface area contributed by atoms with Crippen LogP contribution in [0.15, 0.2) is 0 Å². The van der Waals surface area contributed by atoms with Crippen LogP contribution in [0.1, 0.15) is 47.5 Å². The predicted octanol–water partition coefficient (Wildman–Crippen LogP) is 2.58. The first-order valence-corrected chi connectivity index (χ1v) is 5.14. The lowest BCUT2D eigenvalue weighted by Crippen LogP contribution is -2.31. The molecular weight excluding hydrogens is 162 g/mol. The maximum atomic E-state index is 11.3. The average molecular weight is 185 g/mol. The molecule has 1 amide bonds. The lowest BCUT2D eigenvalue weighted by Gasteiger charge is -2.18. The van der Waals surface area contributed by atoms with Crippen LogP contribution < -0.4 is 5.32 Å². The Hall–Kier alpha value is -0.530. The maximum absolute atomic E-state index is 11.3. The molecule has 0 aliphatic heterocycles. The van der Waals surface area contributed by atoms with E-state index in [2.05, 4.69) is 26.1 Å². The summed E-state index contributed by atoms with van der Waals surface area (Å²) in [6, 6.07) is 0. The van der Waals surface area contributed by atoms with Gasteiger partial charge in [0.05, 0.1) is 0 Å². The zero-order valence-corrected chi connectivity index (χ0v) is 9.61. The van der Waals surface area contributed by atoms with E-state index < -0.39 is 0 Å². The lowest BCUT2D eigenvalue weighted by atomic mass is 9.92. The van der Waals surface area contributed by atoms with Gasteiger partial charge in [-0.25, -0.2) is 0 Å². The Bertz CT molecular complexity index is 158. The van der Waals surface area contributed by atoms with Gasteiger partial charge >= 0.3 is 0 Å². The summed E-state index contributed by atoms with van der Waals surface area (Å²) in [5.74, 6) is 0.340. The van der Waals surface area contributed by atoms with Gasteiger partial charge in [0, 0.05) is 12.5 Å². The largest absolute Gasteiger partial charge is 0.356 e. The second-order valence-corrected chi connectivity index (χ2v) is 4.91. The standard InChI is InChI=1S/C11H23NO/c1-6-9(2)10(13)12-8-7-11(3,4)5/h9H,6-8H2,1-5H3,(H,12,13). The van der Waals surface area contributed by atoms with Crippen molar-refractivity contribution in [2.24, 2.45) is 11.3 Å². The minimum absolute atomic E-state index is 0.153. The van der Waals surface area contributed by atoms with E-state index in [-0.39, 0.29) is 11.8 Å². The van der Waals surface area contributed by atoms with Crippen LogP contribution in [0.3, 0.4) is 0 Å². The Morgan fingerprint density at radius 3 is 2.31 bits per heavy atom. The van der Waals surface area contributed by atoms with Crippen molar-refractivity contribution in [3.8, 4) is 0 Å². The molecule has 0 saturated carbocycles.